The van der Waals surface area contributed by atoms with Gasteiger partial charge >= 0.3 is 0 Å². The third kappa shape index (κ3) is 3.10. The van der Waals surface area contributed by atoms with Gasteiger partial charge in [0.2, 0.25) is 11.8 Å². The first kappa shape index (κ1) is 16.0. The summed E-state index contributed by atoms with van der Waals surface area (Å²) in [5, 5.41) is 2.99. The van der Waals surface area contributed by atoms with Crippen molar-refractivity contribution in [3.63, 3.8) is 0 Å². The molecule has 1 unspecified atom stereocenters. The lowest BCUT2D eigenvalue weighted by atomic mass is 9.86. The number of amides is 2. The highest BCUT2D eigenvalue weighted by Crippen LogP contribution is 2.27. The molecule has 1 atom stereocenters. The van der Waals surface area contributed by atoms with Crippen LogP contribution in [0.3, 0.4) is 0 Å². The fourth-order valence-corrected chi connectivity index (χ4v) is 2.81. The minimum Gasteiger partial charge on any atom is -0.340 e. The summed E-state index contributed by atoms with van der Waals surface area (Å²) in [4.78, 5) is 26.9. The van der Waals surface area contributed by atoms with E-state index in [0.29, 0.717) is 19.4 Å². The van der Waals surface area contributed by atoms with Crippen LogP contribution in [0.5, 0.6) is 0 Å². The van der Waals surface area contributed by atoms with E-state index in [1.54, 1.807) is 0 Å². The Bertz CT molecular complexity index is 324. The second-order valence-electron chi connectivity index (χ2n) is 5.44. The van der Waals surface area contributed by atoms with E-state index in [1.807, 2.05) is 18.7 Å². The molecule has 0 radical (unpaired) electrons. The Morgan fingerprint density at radius 3 is 2.21 bits per heavy atom. The van der Waals surface area contributed by atoms with E-state index in [0.717, 1.165) is 25.7 Å². The predicted octanol–water partition coefficient (Wildman–Crippen LogP) is 2.47. The number of hydrogen-bond donors (Lipinski definition) is 1. The Morgan fingerprint density at radius 2 is 1.74 bits per heavy atom. The second-order valence-corrected chi connectivity index (χ2v) is 5.44. The summed E-state index contributed by atoms with van der Waals surface area (Å²) in [6.45, 7) is 8.81. The third-order valence-corrected chi connectivity index (χ3v) is 4.23. The Kier molecular flexibility index (Phi) is 5.83. The van der Waals surface area contributed by atoms with Crippen molar-refractivity contribution in [1.29, 1.82) is 0 Å². The molecule has 1 N–H and O–H groups in total. The van der Waals surface area contributed by atoms with Crippen molar-refractivity contribution in [3.8, 4) is 0 Å². The summed E-state index contributed by atoms with van der Waals surface area (Å²) in [5.41, 5.74) is -0.672. The zero-order chi connectivity index (χ0) is 14.5. The van der Waals surface area contributed by atoms with Crippen LogP contribution in [-0.4, -0.2) is 34.8 Å². The molecule has 0 bridgehead atoms. The number of piperazine rings is 1. The molecular formula is C15H28N2O2. The first-order chi connectivity index (χ1) is 9.06. The quantitative estimate of drug-likeness (QED) is 0.771. The van der Waals surface area contributed by atoms with E-state index >= 15 is 0 Å². The van der Waals surface area contributed by atoms with E-state index in [4.69, 9.17) is 0 Å². The van der Waals surface area contributed by atoms with E-state index < -0.39 is 5.54 Å². The van der Waals surface area contributed by atoms with Gasteiger partial charge in [-0.15, -0.1) is 0 Å². The molecule has 19 heavy (non-hydrogen) atoms. The van der Waals surface area contributed by atoms with Gasteiger partial charge in [0.15, 0.2) is 0 Å². The molecule has 1 fully saturated rings. The van der Waals surface area contributed by atoms with Crippen LogP contribution in [0.4, 0.5) is 0 Å². The monoisotopic (exact) mass is 268 g/mol. The summed E-state index contributed by atoms with van der Waals surface area (Å²) >= 11 is 0. The fourth-order valence-electron chi connectivity index (χ4n) is 2.81. The molecule has 0 saturated carbocycles. The first-order valence-corrected chi connectivity index (χ1v) is 7.69. The van der Waals surface area contributed by atoms with Crippen molar-refractivity contribution in [2.24, 2.45) is 0 Å². The van der Waals surface area contributed by atoms with Crippen molar-refractivity contribution >= 4 is 11.8 Å². The molecule has 1 saturated heterocycles. The predicted molar refractivity (Wildman–Crippen MR) is 76.8 cm³/mol. The molecule has 1 aliphatic rings. The van der Waals surface area contributed by atoms with Crippen LogP contribution in [0, 0.1) is 0 Å². The number of carbonyl (C=O) groups is 2. The Hall–Kier alpha value is -1.06. The normalized spacial score (nSPS) is 22.5. The van der Waals surface area contributed by atoms with Crippen LogP contribution in [0.15, 0.2) is 0 Å². The van der Waals surface area contributed by atoms with Crippen LogP contribution in [0.2, 0.25) is 0 Å². The zero-order valence-electron chi connectivity index (χ0n) is 12.8. The minimum absolute atomic E-state index is 0.0289. The third-order valence-electron chi connectivity index (χ3n) is 4.23. The molecule has 0 aromatic heterocycles. The van der Waals surface area contributed by atoms with Gasteiger partial charge in [-0.1, -0.05) is 40.5 Å². The van der Waals surface area contributed by atoms with E-state index in [9.17, 15) is 9.59 Å². The molecule has 1 aliphatic heterocycles. The molecule has 1 rings (SSSR count). The van der Waals surface area contributed by atoms with Gasteiger partial charge < -0.3 is 10.2 Å². The molecule has 2 amide bonds. The van der Waals surface area contributed by atoms with E-state index in [2.05, 4.69) is 19.2 Å². The molecular weight excluding hydrogens is 240 g/mol. The maximum absolute atomic E-state index is 12.8. The van der Waals surface area contributed by atoms with Gasteiger partial charge in [-0.25, -0.2) is 0 Å². The lowest BCUT2D eigenvalue weighted by molar-refractivity contribution is -0.155. The standard InChI is InChI=1S/C15H28N2O2/c1-5-9-11-17-12(10-6-2)13(18)16-15(7-3,8-4)14(17)19/h12H,5-11H2,1-4H3,(H,16,18). The summed E-state index contributed by atoms with van der Waals surface area (Å²) in [5.74, 6) is 0.144. The van der Waals surface area contributed by atoms with Crippen LogP contribution < -0.4 is 5.32 Å². The van der Waals surface area contributed by atoms with Crippen molar-refractivity contribution in [1.82, 2.24) is 10.2 Å². The smallest absolute Gasteiger partial charge is 0.248 e. The SMILES string of the molecule is CCCCN1C(=O)C(CC)(CC)NC(=O)C1CCC. The molecule has 0 aromatic rings. The van der Waals surface area contributed by atoms with E-state index in [-0.39, 0.29) is 17.9 Å². The van der Waals surface area contributed by atoms with Gasteiger partial charge in [-0.2, -0.15) is 0 Å². The first-order valence-electron chi connectivity index (χ1n) is 7.69. The van der Waals surface area contributed by atoms with Gasteiger partial charge in [-0.3, -0.25) is 9.59 Å². The fraction of sp³-hybridized carbons (Fsp3) is 0.867. The van der Waals surface area contributed by atoms with Crippen molar-refractivity contribution in [3.05, 3.63) is 0 Å². The van der Waals surface area contributed by atoms with Gasteiger partial charge in [-0.05, 0) is 25.7 Å². The highest BCUT2D eigenvalue weighted by Gasteiger charge is 2.47. The number of nitrogens with one attached hydrogen (secondary N) is 1. The van der Waals surface area contributed by atoms with Crippen molar-refractivity contribution in [2.45, 2.75) is 77.8 Å². The molecule has 110 valence electrons. The highest BCUT2D eigenvalue weighted by molar-refractivity contribution is 5.99. The lowest BCUT2D eigenvalue weighted by Gasteiger charge is -2.45. The van der Waals surface area contributed by atoms with Crippen LogP contribution >= 0.6 is 0 Å². The summed E-state index contributed by atoms with van der Waals surface area (Å²) < 4.78 is 0. The maximum Gasteiger partial charge on any atom is 0.248 e. The molecule has 4 heteroatoms. The van der Waals surface area contributed by atoms with Gasteiger partial charge in [0.05, 0.1) is 0 Å². The number of rotatable bonds is 7. The topological polar surface area (TPSA) is 49.4 Å². The van der Waals surface area contributed by atoms with E-state index in [1.165, 1.54) is 0 Å². The number of carbonyl (C=O) groups excluding carboxylic acids is 2. The highest BCUT2D eigenvalue weighted by atomic mass is 16.2. The molecule has 0 aliphatic carbocycles. The number of nitrogens with zero attached hydrogens (tertiary/aromatic N) is 1. The Balaban J connectivity index is 3.00. The second kappa shape index (κ2) is 6.92. The van der Waals surface area contributed by atoms with Gasteiger partial charge in [0, 0.05) is 6.54 Å². The van der Waals surface area contributed by atoms with Crippen molar-refractivity contribution < 1.29 is 9.59 Å². The largest absolute Gasteiger partial charge is 0.340 e. The molecule has 4 nitrogen and oxygen atoms in total. The molecule has 0 aromatic carbocycles. The summed E-state index contributed by atoms with van der Waals surface area (Å²) in [7, 11) is 0. The number of hydrogen-bond acceptors (Lipinski definition) is 2. The summed E-state index contributed by atoms with van der Waals surface area (Å²) in [6, 6.07) is -0.268. The average molecular weight is 268 g/mol. The molecule has 1 heterocycles. The van der Waals surface area contributed by atoms with Crippen LogP contribution in [-0.2, 0) is 9.59 Å². The van der Waals surface area contributed by atoms with Crippen molar-refractivity contribution in [2.75, 3.05) is 6.54 Å². The Labute approximate surface area is 116 Å². The zero-order valence-corrected chi connectivity index (χ0v) is 12.8. The van der Waals surface area contributed by atoms with Crippen LogP contribution in [0.25, 0.3) is 0 Å². The van der Waals surface area contributed by atoms with Gasteiger partial charge in [0.1, 0.15) is 11.6 Å². The average Bonchev–Trinajstić information content (AvgIpc) is 2.42. The molecule has 0 spiro atoms. The number of unbranched alkanes of at least 4 members (excludes halogenated alkanes) is 1. The minimum atomic E-state index is -0.672. The Morgan fingerprint density at radius 1 is 1.11 bits per heavy atom. The lowest BCUT2D eigenvalue weighted by Crippen LogP contribution is -2.70. The van der Waals surface area contributed by atoms with Crippen LogP contribution in [0.1, 0.15) is 66.2 Å². The van der Waals surface area contributed by atoms with Gasteiger partial charge in [0.25, 0.3) is 0 Å². The maximum atomic E-state index is 12.8. The summed E-state index contributed by atoms with van der Waals surface area (Å²) in [6.07, 6.45) is 4.99.